The lowest BCUT2D eigenvalue weighted by Gasteiger charge is -2.37. The lowest BCUT2D eigenvalue weighted by molar-refractivity contribution is -0.145. The van der Waals surface area contributed by atoms with Crippen molar-refractivity contribution in [1.82, 2.24) is 15.1 Å². The minimum atomic E-state index is -1.52. The summed E-state index contributed by atoms with van der Waals surface area (Å²) in [5.74, 6) is -1.21. The van der Waals surface area contributed by atoms with Gasteiger partial charge in [-0.15, -0.1) is 0 Å². The fourth-order valence-corrected chi connectivity index (χ4v) is 5.49. The first-order valence-electron chi connectivity index (χ1n) is 12.4. The molecular formula is C29H35N3O3. The second-order valence-corrected chi connectivity index (χ2v) is 10.2. The summed E-state index contributed by atoms with van der Waals surface area (Å²) in [6.45, 7) is 9.96. The topological polar surface area (TPSA) is 84.2 Å². The summed E-state index contributed by atoms with van der Waals surface area (Å²) in [5.41, 5.74) is 3.10. The van der Waals surface area contributed by atoms with Gasteiger partial charge in [-0.2, -0.15) is 5.10 Å². The number of aromatic nitrogens is 2. The largest absolute Gasteiger partial charge is 0.479 e. The summed E-state index contributed by atoms with van der Waals surface area (Å²) >= 11 is 0. The number of hydrogen-bond acceptors (Lipinski definition) is 3. The van der Waals surface area contributed by atoms with Crippen LogP contribution in [-0.2, 0) is 28.7 Å². The van der Waals surface area contributed by atoms with Crippen LogP contribution in [0.15, 0.2) is 54.6 Å². The van der Waals surface area contributed by atoms with Crippen LogP contribution in [0.2, 0.25) is 0 Å². The van der Waals surface area contributed by atoms with E-state index in [-0.39, 0.29) is 17.9 Å². The Morgan fingerprint density at radius 2 is 1.77 bits per heavy atom. The lowest BCUT2D eigenvalue weighted by Crippen LogP contribution is -2.51. The van der Waals surface area contributed by atoms with Gasteiger partial charge in [0.1, 0.15) is 0 Å². The number of benzene rings is 2. The molecule has 2 aromatic carbocycles. The van der Waals surface area contributed by atoms with Gasteiger partial charge in [0.2, 0.25) is 0 Å². The maximum atomic E-state index is 13.8. The molecule has 1 aliphatic heterocycles. The molecular weight excluding hydrogens is 438 g/mol. The summed E-state index contributed by atoms with van der Waals surface area (Å²) in [7, 11) is 0. The van der Waals surface area contributed by atoms with Crippen molar-refractivity contribution >= 4 is 11.9 Å². The number of carboxylic acid groups (broad SMARTS) is 1. The summed E-state index contributed by atoms with van der Waals surface area (Å²) in [6, 6.07) is 17.8. The van der Waals surface area contributed by atoms with E-state index in [0.717, 1.165) is 24.1 Å². The zero-order chi connectivity index (χ0) is 25.4. The Labute approximate surface area is 207 Å². The smallest absolute Gasteiger partial charge is 0.334 e. The van der Waals surface area contributed by atoms with E-state index in [1.165, 1.54) is 5.56 Å². The van der Waals surface area contributed by atoms with Gasteiger partial charge in [0.05, 0.1) is 22.5 Å². The molecule has 1 aromatic heterocycles. The minimum Gasteiger partial charge on any atom is -0.479 e. The number of carboxylic acids is 1. The van der Waals surface area contributed by atoms with Crippen molar-refractivity contribution in [2.75, 3.05) is 0 Å². The zero-order valence-corrected chi connectivity index (χ0v) is 21.3. The van der Waals surface area contributed by atoms with Gasteiger partial charge in [-0.3, -0.25) is 9.48 Å². The van der Waals surface area contributed by atoms with Crippen LogP contribution in [0.3, 0.4) is 0 Å². The van der Waals surface area contributed by atoms with Crippen LogP contribution >= 0.6 is 0 Å². The fourth-order valence-electron chi connectivity index (χ4n) is 5.49. The second-order valence-electron chi connectivity index (χ2n) is 10.2. The molecule has 1 unspecified atom stereocenters. The number of carbonyl (C=O) groups is 2. The van der Waals surface area contributed by atoms with Gasteiger partial charge in [-0.25, -0.2) is 4.79 Å². The molecule has 2 heterocycles. The number of fused-ring (bicyclic) bond motifs is 1. The van der Waals surface area contributed by atoms with Gasteiger partial charge in [0.25, 0.3) is 5.91 Å². The van der Waals surface area contributed by atoms with Crippen molar-refractivity contribution in [2.45, 2.75) is 77.3 Å². The fraction of sp³-hybridized carbons (Fsp3) is 0.414. The number of hydrogen-bond donors (Lipinski definition) is 2. The molecule has 3 aromatic rings. The molecule has 184 valence electrons. The molecule has 0 saturated carbocycles. The average Bonchev–Trinajstić information content (AvgIpc) is 3.19. The number of carbonyl (C=O) groups excluding carboxylic acids is 1. The summed E-state index contributed by atoms with van der Waals surface area (Å²) in [5, 5.41) is 18.0. The van der Waals surface area contributed by atoms with Crippen molar-refractivity contribution in [3.8, 4) is 0 Å². The molecule has 6 heteroatoms. The van der Waals surface area contributed by atoms with Crippen LogP contribution in [0.5, 0.6) is 0 Å². The Hall–Kier alpha value is -3.41. The molecule has 0 bridgehead atoms. The number of nitrogens with one attached hydrogen (secondary N) is 1. The summed E-state index contributed by atoms with van der Waals surface area (Å²) in [6.07, 6.45) is 2.66. The Bertz CT molecular complexity index is 1230. The van der Waals surface area contributed by atoms with Gasteiger partial charge < -0.3 is 10.4 Å². The normalized spacial score (nSPS) is 18.4. The van der Waals surface area contributed by atoms with Crippen molar-refractivity contribution in [3.05, 3.63) is 88.2 Å². The van der Waals surface area contributed by atoms with E-state index in [9.17, 15) is 14.7 Å². The second kappa shape index (κ2) is 9.33. The molecule has 0 fully saturated rings. The highest BCUT2D eigenvalue weighted by Gasteiger charge is 2.43. The Balaban J connectivity index is 1.74. The van der Waals surface area contributed by atoms with Crippen LogP contribution in [0, 0.1) is 6.92 Å². The van der Waals surface area contributed by atoms with Crippen LogP contribution in [-0.4, -0.2) is 26.8 Å². The highest BCUT2D eigenvalue weighted by molar-refractivity contribution is 6.00. The molecule has 2 atom stereocenters. The molecule has 0 aliphatic carbocycles. The van der Waals surface area contributed by atoms with E-state index >= 15 is 0 Å². The van der Waals surface area contributed by atoms with Gasteiger partial charge in [-0.05, 0) is 69.1 Å². The predicted octanol–water partition coefficient (Wildman–Crippen LogP) is 5.34. The first-order valence-corrected chi connectivity index (χ1v) is 12.4. The molecule has 0 radical (unpaired) electrons. The Morgan fingerprint density at radius 3 is 2.34 bits per heavy atom. The predicted molar refractivity (Wildman–Crippen MR) is 137 cm³/mol. The Kier molecular flexibility index (Phi) is 6.58. The van der Waals surface area contributed by atoms with E-state index < -0.39 is 17.4 Å². The number of amides is 1. The molecule has 2 N–H and O–H groups in total. The van der Waals surface area contributed by atoms with Crippen LogP contribution < -0.4 is 5.32 Å². The first kappa shape index (κ1) is 24.7. The van der Waals surface area contributed by atoms with Crippen molar-refractivity contribution in [3.63, 3.8) is 0 Å². The van der Waals surface area contributed by atoms with Crippen LogP contribution in [0.1, 0.15) is 84.9 Å². The van der Waals surface area contributed by atoms with Gasteiger partial charge in [0.15, 0.2) is 5.54 Å². The lowest BCUT2D eigenvalue weighted by atomic mass is 9.79. The summed E-state index contributed by atoms with van der Waals surface area (Å²) < 4.78 is 1.97. The highest BCUT2D eigenvalue weighted by atomic mass is 16.4. The Morgan fingerprint density at radius 1 is 1.11 bits per heavy atom. The maximum absolute atomic E-state index is 13.8. The van der Waals surface area contributed by atoms with Gasteiger partial charge in [-0.1, -0.05) is 68.4 Å². The molecule has 1 aliphatic rings. The molecule has 4 rings (SSSR count). The standard InChI is InChI=1S/C29H35N3O3/c1-6-20-13-15-23(16-14-20)29(7-2,27(34)35)30-26(33)25-19(3)31-32-24(25)17-22(18-28(32,4)5)21-11-9-8-10-12-21/h8-16,22H,6-7,17-18H2,1-5H3,(H,30,33)(H,34,35)/t22-,29?/m0/s1. The molecule has 1 amide bonds. The van der Waals surface area contributed by atoms with E-state index in [1.807, 2.05) is 54.1 Å². The first-order chi connectivity index (χ1) is 16.6. The highest BCUT2D eigenvalue weighted by Crippen LogP contribution is 2.41. The third kappa shape index (κ3) is 4.38. The number of nitrogens with zero attached hydrogens (tertiary/aromatic N) is 2. The van der Waals surface area contributed by atoms with Gasteiger partial charge in [0, 0.05) is 0 Å². The zero-order valence-electron chi connectivity index (χ0n) is 21.3. The third-order valence-electron chi connectivity index (χ3n) is 7.49. The number of aliphatic carboxylic acids is 1. The van der Waals surface area contributed by atoms with E-state index in [1.54, 1.807) is 6.92 Å². The van der Waals surface area contributed by atoms with Crippen molar-refractivity contribution < 1.29 is 14.7 Å². The summed E-state index contributed by atoms with van der Waals surface area (Å²) in [4.78, 5) is 26.4. The van der Waals surface area contributed by atoms with Crippen LogP contribution in [0.4, 0.5) is 0 Å². The number of rotatable bonds is 7. The van der Waals surface area contributed by atoms with Gasteiger partial charge >= 0.3 is 5.97 Å². The average molecular weight is 474 g/mol. The molecule has 35 heavy (non-hydrogen) atoms. The number of aryl methyl sites for hydroxylation is 2. The quantitative estimate of drug-likeness (QED) is 0.485. The monoisotopic (exact) mass is 473 g/mol. The van der Waals surface area contributed by atoms with E-state index in [0.29, 0.717) is 23.2 Å². The SMILES string of the molecule is CCc1ccc(C(CC)(NC(=O)c2c(C)nn3c2C[C@H](c2ccccc2)CC3(C)C)C(=O)O)cc1. The maximum Gasteiger partial charge on any atom is 0.334 e. The molecule has 6 nitrogen and oxygen atoms in total. The third-order valence-corrected chi connectivity index (χ3v) is 7.49. The van der Waals surface area contributed by atoms with Crippen molar-refractivity contribution in [2.24, 2.45) is 0 Å². The van der Waals surface area contributed by atoms with Crippen LogP contribution in [0.25, 0.3) is 0 Å². The molecule has 0 saturated heterocycles. The minimum absolute atomic E-state index is 0.222. The van der Waals surface area contributed by atoms with E-state index in [2.05, 4.69) is 38.2 Å². The van der Waals surface area contributed by atoms with Crippen molar-refractivity contribution in [1.29, 1.82) is 0 Å². The molecule has 0 spiro atoms. The van der Waals surface area contributed by atoms with E-state index in [4.69, 9.17) is 5.10 Å².